The molecule has 1 amide bonds. The number of sulfonamides is 1. The highest BCUT2D eigenvalue weighted by Crippen LogP contribution is 2.22. The van der Waals surface area contributed by atoms with E-state index in [4.69, 9.17) is 9.47 Å². The summed E-state index contributed by atoms with van der Waals surface area (Å²) in [5, 5.41) is 2.79. The van der Waals surface area contributed by atoms with E-state index in [0.717, 1.165) is 5.56 Å². The average molecular weight is 508 g/mol. The van der Waals surface area contributed by atoms with Crippen molar-refractivity contribution in [3.8, 4) is 11.5 Å². The Balaban J connectivity index is 1.58. The number of anilines is 1. The van der Waals surface area contributed by atoms with E-state index in [-0.39, 0.29) is 22.4 Å². The van der Waals surface area contributed by atoms with Crippen molar-refractivity contribution >= 4 is 32.5 Å². The summed E-state index contributed by atoms with van der Waals surface area (Å²) in [6, 6.07) is 17.8. The molecule has 9 nitrogen and oxygen atoms in total. The maximum atomic E-state index is 13.1. The Labute approximate surface area is 208 Å². The van der Waals surface area contributed by atoms with E-state index in [0.29, 0.717) is 29.3 Å². The minimum Gasteiger partial charge on any atom is -0.496 e. The highest BCUT2D eigenvalue weighted by molar-refractivity contribution is 7.92. The molecule has 0 fully saturated rings. The van der Waals surface area contributed by atoms with Gasteiger partial charge in [-0.3, -0.25) is 14.3 Å². The Bertz CT molecular complexity index is 1560. The summed E-state index contributed by atoms with van der Waals surface area (Å²) >= 11 is 0. The second-order valence-electron chi connectivity index (χ2n) is 7.80. The zero-order chi connectivity index (χ0) is 25.7. The maximum Gasteiger partial charge on any atom is 0.261 e. The lowest BCUT2D eigenvalue weighted by Gasteiger charge is -2.11. The quantitative estimate of drug-likeness (QED) is 0.317. The van der Waals surface area contributed by atoms with Crippen LogP contribution >= 0.6 is 0 Å². The van der Waals surface area contributed by atoms with Crippen LogP contribution in [0.3, 0.4) is 0 Å². The predicted octanol–water partition coefficient (Wildman–Crippen LogP) is 3.67. The van der Waals surface area contributed by atoms with E-state index in [1.807, 2.05) is 19.1 Å². The lowest BCUT2D eigenvalue weighted by molar-refractivity contribution is 0.0949. The number of rotatable bonds is 9. The van der Waals surface area contributed by atoms with E-state index in [1.54, 1.807) is 36.4 Å². The molecule has 4 rings (SSSR count). The van der Waals surface area contributed by atoms with Gasteiger partial charge in [0.15, 0.2) is 0 Å². The summed E-state index contributed by atoms with van der Waals surface area (Å²) in [4.78, 5) is 28.7. The fourth-order valence-corrected chi connectivity index (χ4v) is 4.74. The minimum atomic E-state index is -3.99. The fraction of sp³-hybridized carbons (Fsp3) is 0.154. The van der Waals surface area contributed by atoms with Crippen molar-refractivity contribution in [3.05, 3.63) is 94.3 Å². The van der Waals surface area contributed by atoms with Crippen LogP contribution in [-0.4, -0.2) is 33.0 Å². The summed E-state index contributed by atoms with van der Waals surface area (Å²) in [5.41, 5.74) is 0.781. The molecule has 0 unspecified atom stereocenters. The second kappa shape index (κ2) is 10.5. The van der Waals surface area contributed by atoms with E-state index >= 15 is 0 Å². The van der Waals surface area contributed by atoms with Gasteiger partial charge in [-0.05, 0) is 55.5 Å². The standard InChI is InChI=1S/C26H25N3O6S/c1-3-35-19-10-8-18(9-11-19)29-36(32,33)20-12-13-23-21(14-20)25(30)22(16-27-23)26(31)28-15-17-6-4-5-7-24(17)34-2/h4-14,16,29H,3,15H2,1-2H3,(H,27,30)(H,28,31). The summed E-state index contributed by atoms with van der Waals surface area (Å²) in [5.74, 6) is 0.638. The van der Waals surface area contributed by atoms with Crippen molar-refractivity contribution in [2.75, 3.05) is 18.4 Å². The molecule has 10 heteroatoms. The largest absolute Gasteiger partial charge is 0.496 e. The molecular weight excluding hydrogens is 482 g/mol. The third-order valence-corrected chi connectivity index (χ3v) is 6.84. The molecule has 0 radical (unpaired) electrons. The summed E-state index contributed by atoms with van der Waals surface area (Å²) < 4.78 is 39.1. The van der Waals surface area contributed by atoms with Crippen LogP contribution in [0.5, 0.6) is 11.5 Å². The van der Waals surface area contributed by atoms with Gasteiger partial charge < -0.3 is 19.8 Å². The van der Waals surface area contributed by atoms with Gasteiger partial charge in [0, 0.05) is 34.9 Å². The number of carbonyl (C=O) groups is 1. The number of H-pyrrole nitrogens is 1. The first kappa shape index (κ1) is 24.8. The molecule has 4 aromatic rings. The first-order valence-corrected chi connectivity index (χ1v) is 12.6. The average Bonchev–Trinajstić information content (AvgIpc) is 2.88. The van der Waals surface area contributed by atoms with E-state index in [1.165, 1.54) is 31.5 Å². The summed E-state index contributed by atoms with van der Waals surface area (Å²) in [6.45, 7) is 2.51. The zero-order valence-electron chi connectivity index (χ0n) is 19.7. The van der Waals surface area contributed by atoms with Gasteiger partial charge in [-0.15, -0.1) is 0 Å². The molecule has 0 aliphatic heterocycles. The molecule has 186 valence electrons. The molecule has 0 atom stereocenters. The Kier molecular flexibility index (Phi) is 7.25. The molecule has 0 aliphatic carbocycles. The van der Waals surface area contributed by atoms with Crippen LogP contribution in [-0.2, 0) is 16.6 Å². The third kappa shape index (κ3) is 5.33. The van der Waals surface area contributed by atoms with Gasteiger partial charge in [0.05, 0.1) is 18.6 Å². The normalized spacial score (nSPS) is 11.2. The number of fused-ring (bicyclic) bond motifs is 1. The number of hydrogen-bond donors (Lipinski definition) is 3. The number of methoxy groups -OCH3 is 1. The van der Waals surface area contributed by atoms with Gasteiger partial charge in [-0.25, -0.2) is 8.42 Å². The maximum absolute atomic E-state index is 13.1. The highest BCUT2D eigenvalue weighted by atomic mass is 32.2. The number of aromatic amines is 1. The molecule has 36 heavy (non-hydrogen) atoms. The van der Waals surface area contributed by atoms with Gasteiger partial charge >= 0.3 is 0 Å². The SMILES string of the molecule is CCOc1ccc(NS(=O)(=O)c2ccc3[nH]cc(C(=O)NCc4ccccc4OC)c(=O)c3c2)cc1. The van der Waals surface area contributed by atoms with Crippen LogP contribution in [0.4, 0.5) is 5.69 Å². The number of benzene rings is 3. The topological polar surface area (TPSA) is 127 Å². The van der Waals surface area contributed by atoms with E-state index < -0.39 is 21.4 Å². The lowest BCUT2D eigenvalue weighted by Crippen LogP contribution is -2.28. The first-order chi connectivity index (χ1) is 17.3. The Morgan fingerprint density at radius 2 is 1.78 bits per heavy atom. The van der Waals surface area contributed by atoms with Gasteiger partial charge in [0.2, 0.25) is 5.43 Å². The van der Waals surface area contributed by atoms with E-state index in [2.05, 4.69) is 15.0 Å². The van der Waals surface area contributed by atoms with Crippen molar-refractivity contribution in [2.45, 2.75) is 18.4 Å². The second-order valence-corrected chi connectivity index (χ2v) is 9.48. The Hall–Kier alpha value is -4.31. The van der Waals surface area contributed by atoms with Gasteiger partial charge in [-0.2, -0.15) is 0 Å². The first-order valence-electron chi connectivity index (χ1n) is 11.1. The molecule has 0 saturated carbocycles. The fourth-order valence-electron chi connectivity index (χ4n) is 3.65. The van der Waals surface area contributed by atoms with Crippen molar-refractivity contribution in [3.63, 3.8) is 0 Å². The molecule has 1 heterocycles. The zero-order valence-corrected chi connectivity index (χ0v) is 20.5. The summed E-state index contributed by atoms with van der Waals surface area (Å²) in [7, 11) is -2.46. The van der Waals surface area contributed by atoms with Gasteiger partial charge in [0.25, 0.3) is 15.9 Å². The van der Waals surface area contributed by atoms with Gasteiger partial charge in [-0.1, -0.05) is 18.2 Å². The van der Waals surface area contributed by atoms with Crippen LogP contribution in [0.15, 0.2) is 82.6 Å². The van der Waals surface area contributed by atoms with Gasteiger partial charge in [0.1, 0.15) is 17.1 Å². The molecule has 0 aliphatic rings. The highest BCUT2D eigenvalue weighted by Gasteiger charge is 2.18. The van der Waals surface area contributed by atoms with Crippen LogP contribution < -0.4 is 24.9 Å². The third-order valence-electron chi connectivity index (χ3n) is 5.46. The van der Waals surface area contributed by atoms with Crippen molar-refractivity contribution in [1.82, 2.24) is 10.3 Å². The molecule has 0 spiro atoms. The lowest BCUT2D eigenvalue weighted by atomic mass is 10.1. The van der Waals surface area contributed by atoms with Crippen LogP contribution in [0.2, 0.25) is 0 Å². The Morgan fingerprint density at radius 1 is 1.03 bits per heavy atom. The monoisotopic (exact) mass is 507 g/mol. The Morgan fingerprint density at radius 3 is 2.50 bits per heavy atom. The molecule has 0 bridgehead atoms. The predicted molar refractivity (Wildman–Crippen MR) is 137 cm³/mol. The van der Waals surface area contributed by atoms with E-state index in [9.17, 15) is 18.0 Å². The summed E-state index contributed by atoms with van der Waals surface area (Å²) in [6.07, 6.45) is 1.31. The minimum absolute atomic E-state index is 0.0783. The van der Waals surface area contributed by atoms with Crippen LogP contribution in [0.25, 0.3) is 10.9 Å². The molecule has 0 saturated heterocycles. The number of ether oxygens (including phenoxy) is 2. The number of amides is 1. The molecule has 3 aromatic carbocycles. The van der Waals surface area contributed by atoms with Crippen LogP contribution in [0, 0.1) is 0 Å². The van der Waals surface area contributed by atoms with Crippen molar-refractivity contribution in [2.24, 2.45) is 0 Å². The molecule has 1 aromatic heterocycles. The number of aromatic nitrogens is 1. The number of para-hydroxylation sites is 1. The smallest absolute Gasteiger partial charge is 0.261 e. The molecule has 3 N–H and O–H groups in total. The van der Waals surface area contributed by atoms with Crippen LogP contribution in [0.1, 0.15) is 22.8 Å². The van der Waals surface area contributed by atoms with Crippen molar-refractivity contribution < 1.29 is 22.7 Å². The number of carbonyl (C=O) groups excluding carboxylic acids is 1. The number of nitrogens with one attached hydrogen (secondary N) is 3. The molecular formula is C26H25N3O6S. The number of hydrogen-bond acceptors (Lipinski definition) is 6. The van der Waals surface area contributed by atoms with Crippen molar-refractivity contribution in [1.29, 1.82) is 0 Å². The number of pyridine rings is 1.